The standard InChI is InChI=1S/C12H18N4O3S/c1-2-4-14-11-7-13-6-10(16-11)12(17)15-9-3-5-20(18,19)8-9/h6-7,9H,2-5,8H2,1H3,(H,14,16)(H,15,17). The lowest BCUT2D eigenvalue weighted by molar-refractivity contribution is 0.0936. The predicted octanol–water partition coefficient (Wildman–Crippen LogP) is 0.215. The molecule has 1 amide bonds. The molecule has 8 heteroatoms. The summed E-state index contributed by atoms with van der Waals surface area (Å²) in [5.74, 6) is 0.278. The summed E-state index contributed by atoms with van der Waals surface area (Å²) in [4.78, 5) is 20.1. The number of nitrogens with zero attached hydrogens (tertiary/aromatic N) is 2. The van der Waals surface area contributed by atoms with Crippen LogP contribution in [0.15, 0.2) is 12.4 Å². The molecule has 0 aromatic carbocycles. The lowest BCUT2D eigenvalue weighted by Crippen LogP contribution is -2.36. The summed E-state index contributed by atoms with van der Waals surface area (Å²) >= 11 is 0. The number of rotatable bonds is 5. The van der Waals surface area contributed by atoms with Gasteiger partial charge in [0.2, 0.25) is 0 Å². The third-order valence-corrected chi connectivity index (χ3v) is 4.76. The number of amides is 1. The number of hydrogen-bond acceptors (Lipinski definition) is 6. The average molecular weight is 298 g/mol. The van der Waals surface area contributed by atoms with E-state index in [9.17, 15) is 13.2 Å². The smallest absolute Gasteiger partial charge is 0.271 e. The van der Waals surface area contributed by atoms with Gasteiger partial charge >= 0.3 is 0 Å². The highest BCUT2D eigenvalue weighted by Crippen LogP contribution is 2.12. The van der Waals surface area contributed by atoms with Crippen molar-refractivity contribution >= 4 is 21.6 Å². The number of sulfone groups is 1. The lowest BCUT2D eigenvalue weighted by Gasteiger charge is -2.10. The van der Waals surface area contributed by atoms with E-state index in [1.54, 1.807) is 6.20 Å². The van der Waals surface area contributed by atoms with E-state index in [1.165, 1.54) is 6.20 Å². The quantitative estimate of drug-likeness (QED) is 0.806. The summed E-state index contributed by atoms with van der Waals surface area (Å²) in [6.45, 7) is 2.78. The second kappa shape index (κ2) is 6.17. The maximum absolute atomic E-state index is 12.0. The highest BCUT2D eigenvalue weighted by molar-refractivity contribution is 7.91. The largest absolute Gasteiger partial charge is 0.369 e. The molecule has 0 spiro atoms. The summed E-state index contributed by atoms with van der Waals surface area (Å²) in [5, 5.41) is 5.73. The minimum absolute atomic E-state index is 0.0000556. The van der Waals surface area contributed by atoms with Gasteiger partial charge in [-0.2, -0.15) is 0 Å². The Balaban J connectivity index is 1.99. The van der Waals surface area contributed by atoms with E-state index >= 15 is 0 Å². The first-order chi connectivity index (χ1) is 9.50. The molecule has 0 bridgehead atoms. The molecular formula is C12H18N4O3S. The van der Waals surface area contributed by atoms with Crippen molar-refractivity contribution in [1.82, 2.24) is 15.3 Å². The van der Waals surface area contributed by atoms with Gasteiger partial charge in [0, 0.05) is 12.6 Å². The summed E-state index contributed by atoms with van der Waals surface area (Å²) < 4.78 is 22.7. The second-order valence-electron chi connectivity index (χ2n) is 4.79. The van der Waals surface area contributed by atoms with Gasteiger partial charge in [0.1, 0.15) is 11.5 Å². The Kier molecular flexibility index (Phi) is 4.53. The molecule has 1 unspecified atom stereocenters. The maximum atomic E-state index is 12.0. The molecule has 2 rings (SSSR count). The summed E-state index contributed by atoms with van der Waals surface area (Å²) in [5.41, 5.74) is 0.190. The molecule has 1 atom stereocenters. The minimum Gasteiger partial charge on any atom is -0.369 e. The summed E-state index contributed by atoms with van der Waals surface area (Å²) in [6, 6.07) is -0.332. The number of nitrogens with one attached hydrogen (secondary N) is 2. The van der Waals surface area contributed by atoms with Crippen LogP contribution in [0, 0.1) is 0 Å². The van der Waals surface area contributed by atoms with Gasteiger partial charge in [-0.15, -0.1) is 0 Å². The molecule has 1 saturated heterocycles. The van der Waals surface area contributed by atoms with Crippen molar-refractivity contribution in [2.45, 2.75) is 25.8 Å². The number of anilines is 1. The molecule has 0 aliphatic carbocycles. The van der Waals surface area contributed by atoms with Gasteiger partial charge in [0.15, 0.2) is 9.84 Å². The predicted molar refractivity (Wildman–Crippen MR) is 75.3 cm³/mol. The average Bonchev–Trinajstić information content (AvgIpc) is 2.76. The molecule has 0 radical (unpaired) electrons. The van der Waals surface area contributed by atoms with Gasteiger partial charge in [-0.05, 0) is 12.8 Å². The van der Waals surface area contributed by atoms with Crippen LogP contribution in [0.25, 0.3) is 0 Å². The van der Waals surface area contributed by atoms with Gasteiger partial charge in [0.25, 0.3) is 5.91 Å². The van der Waals surface area contributed by atoms with Crippen LogP contribution in [0.2, 0.25) is 0 Å². The van der Waals surface area contributed by atoms with Crippen LogP contribution in [-0.2, 0) is 9.84 Å². The van der Waals surface area contributed by atoms with Crippen molar-refractivity contribution in [3.05, 3.63) is 18.1 Å². The number of aromatic nitrogens is 2. The van der Waals surface area contributed by atoms with Crippen molar-refractivity contribution < 1.29 is 13.2 Å². The van der Waals surface area contributed by atoms with Crippen LogP contribution in [0.5, 0.6) is 0 Å². The molecule has 20 heavy (non-hydrogen) atoms. The Morgan fingerprint density at radius 1 is 1.45 bits per heavy atom. The lowest BCUT2D eigenvalue weighted by atomic mass is 10.2. The van der Waals surface area contributed by atoms with Crippen LogP contribution in [0.1, 0.15) is 30.3 Å². The first-order valence-electron chi connectivity index (χ1n) is 6.57. The number of carbonyl (C=O) groups excluding carboxylic acids is 1. The van der Waals surface area contributed by atoms with Gasteiger partial charge in [-0.3, -0.25) is 9.78 Å². The van der Waals surface area contributed by atoms with E-state index < -0.39 is 9.84 Å². The van der Waals surface area contributed by atoms with E-state index in [1.807, 2.05) is 6.92 Å². The van der Waals surface area contributed by atoms with Crippen molar-refractivity contribution in [2.24, 2.45) is 0 Å². The van der Waals surface area contributed by atoms with Crippen molar-refractivity contribution in [3.8, 4) is 0 Å². The Bertz CT molecular complexity index is 588. The third-order valence-electron chi connectivity index (χ3n) is 2.99. The Labute approximate surface area is 118 Å². The maximum Gasteiger partial charge on any atom is 0.271 e. The fourth-order valence-electron chi connectivity index (χ4n) is 1.98. The fraction of sp³-hybridized carbons (Fsp3) is 0.583. The first kappa shape index (κ1) is 14.7. The van der Waals surface area contributed by atoms with E-state index in [-0.39, 0.29) is 29.1 Å². The van der Waals surface area contributed by atoms with Crippen LogP contribution < -0.4 is 10.6 Å². The molecule has 0 saturated carbocycles. The molecule has 1 aliphatic rings. The molecule has 2 heterocycles. The summed E-state index contributed by atoms with van der Waals surface area (Å²) in [6.07, 6.45) is 4.32. The van der Waals surface area contributed by atoms with Gasteiger partial charge in [-0.25, -0.2) is 13.4 Å². The molecule has 110 valence electrons. The molecule has 1 aliphatic heterocycles. The van der Waals surface area contributed by atoms with Crippen molar-refractivity contribution in [1.29, 1.82) is 0 Å². The highest BCUT2D eigenvalue weighted by Gasteiger charge is 2.29. The highest BCUT2D eigenvalue weighted by atomic mass is 32.2. The minimum atomic E-state index is -3.01. The van der Waals surface area contributed by atoms with Crippen LogP contribution in [-0.4, -0.2) is 48.4 Å². The van der Waals surface area contributed by atoms with Crippen LogP contribution in [0.4, 0.5) is 5.82 Å². The molecule has 7 nitrogen and oxygen atoms in total. The van der Waals surface area contributed by atoms with E-state index in [0.29, 0.717) is 12.2 Å². The van der Waals surface area contributed by atoms with Crippen molar-refractivity contribution in [2.75, 3.05) is 23.4 Å². The van der Waals surface area contributed by atoms with E-state index in [0.717, 1.165) is 13.0 Å². The van der Waals surface area contributed by atoms with Crippen molar-refractivity contribution in [3.63, 3.8) is 0 Å². The SMILES string of the molecule is CCCNc1cncc(C(=O)NC2CCS(=O)(=O)C2)n1. The molecule has 1 aromatic heterocycles. The van der Waals surface area contributed by atoms with Crippen LogP contribution in [0.3, 0.4) is 0 Å². The zero-order valence-electron chi connectivity index (χ0n) is 11.3. The van der Waals surface area contributed by atoms with E-state index in [2.05, 4.69) is 20.6 Å². The molecule has 1 aromatic rings. The first-order valence-corrected chi connectivity index (χ1v) is 8.39. The third kappa shape index (κ3) is 3.89. The van der Waals surface area contributed by atoms with Crippen LogP contribution >= 0.6 is 0 Å². The monoisotopic (exact) mass is 298 g/mol. The second-order valence-corrected chi connectivity index (χ2v) is 7.02. The Morgan fingerprint density at radius 2 is 2.25 bits per heavy atom. The fourth-order valence-corrected chi connectivity index (χ4v) is 3.66. The zero-order chi connectivity index (χ0) is 14.6. The van der Waals surface area contributed by atoms with E-state index in [4.69, 9.17) is 0 Å². The number of carbonyl (C=O) groups is 1. The Hall–Kier alpha value is -1.70. The molecular weight excluding hydrogens is 280 g/mol. The summed E-state index contributed by atoms with van der Waals surface area (Å²) in [7, 11) is -3.01. The zero-order valence-corrected chi connectivity index (χ0v) is 12.1. The topological polar surface area (TPSA) is 101 Å². The van der Waals surface area contributed by atoms with Gasteiger partial charge in [0.05, 0.1) is 23.9 Å². The molecule has 1 fully saturated rings. The molecule has 2 N–H and O–H groups in total. The Morgan fingerprint density at radius 3 is 2.90 bits per heavy atom. The number of hydrogen-bond donors (Lipinski definition) is 2. The van der Waals surface area contributed by atoms with Gasteiger partial charge in [-0.1, -0.05) is 6.92 Å². The normalized spacial score (nSPS) is 20.6. The van der Waals surface area contributed by atoms with Gasteiger partial charge < -0.3 is 10.6 Å².